The standard InChI is InChI=1S/C7H11NO4/c1-2-11-7-4(6(8)10)3-5(9)12-7/h4,7H,2-3H2,1H3,(H2,8,10). The number of rotatable bonds is 3. The topological polar surface area (TPSA) is 78.6 Å². The normalized spacial score (nSPS) is 28.6. The molecule has 1 aliphatic rings. The molecule has 1 saturated heterocycles. The van der Waals surface area contributed by atoms with Crippen molar-refractivity contribution < 1.29 is 19.1 Å². The molecular weight excluding hydrogens is 162 g/mol. The van der Waals surface area contributed by atoms with Gasteiger partial charge in [-0.15, -0.1) is 0 Å². The summed E-state index contributed by atoms with van der Waals surface area (Å²) in [5.74, 6) is -1.62. The molecule has 0 aliphatic carbocycles. The lowest BCUT2D eigenvalue weighted by molar-refractivity contribution is -0.167. The smallest absolute Gasteiger partial charge is 0.309 e. The number of carbonyl (C=O) groups excluding carboxylic acids is 2. The molecule has 0 aromatic rings. The van der Waals surface area contributed by atoms with Gasteiger partial charge in [0.25, 0.3) is 0 Å². The van der Waals surface area contributed by atoms with Crippen molar-refractivity contribution in [3.63, 3.8) is 0 Å². The number of hydrogen-bond acceptors (Lipinski definition) is 4. The summed E-state index contributed by atoms with van der Waals surface area (Å²) in [6, 6.07) is 0. The van der Waals surface area contributed by atoms with Crippen LogP contribution in [0, 0.1) is 5.92 Å². The third kappa shape index (κ3) is 1.73. The summed E-state index contributed by atoms with van der Waals surface area (Å²) in [4.78, 5) is 21.5. The minimum atomic E-state index is -0.778. The zero-order valence-electron chi connectivity index (χ0n) is 6.78. The predicted molar refractivity (Wildman–Crippen MR) is 38.8 cm³/mol. The van der Waals surface area contributed by atoms with E-state index in [0.29, 0.717) is 6.61 Å². The van der Waals surface area contributed by atoms with Crippen LogP contribution in [0.3, 0.4) is 0 Å². The number of carbonyl (C=O) groups is 2. The fourth-order valence-corrected chi connectivity index (χ4v) is 1.08. The second-order valence-corrected chi connectivity index (χ2v) is 2.53. The fraction of sp³-hybridized carbons (Fsp3) is 0.714. The van der Waals surface area contributed by atoms with Crippen molar-refractivity contribution in [2.75, 3.05) is 6.61 Å². The molecule has 2 N–H and O–H groups in total. The number of amides is 1. The van der Waals surface area contributed by atoms with Gasteiger partial charge in [0, 0.05) is 6.61 Å². The van der Waals surface area contributed by atoms with E-state index in [-0.39, 0.29) is 6.42 Å². The van der Waals surface area contributed by atoms with E-state index in [1.165, 1.54) is 0 Å². The molecule has 0 aromatic carbocycles. The lowest BCUT2D eigenvalue weighted by atomic mass is 10.1. The van der Waals surface area contributed by atoms with Gasteiger partial charge in [0.05, 0.1) is 6.42 Å². The van der Waals surface area contributed by atoms with Gasteiger partial charge >= 0.3 is 5.97 Å². The Kier molecular flexibility index (Phi) is 2.65. The second kappa shape index (κ2) is 3.53. The Morgan fingerprint density at radius 3 is 3.00 bits per heavy atom. The molecule has 1 aliphatic heterocycles. The predicted octanol–water partition coefficient (Wildman–Crippen LogP) is -0.603. The highest BCUT2D eigenvalue weighted by atomic mass is 16.7. The van der Waals surface area contributed by atoms with Crippen molar-refractivity contribution in [3.05, 3.63) is 0 Å². The lowest BCUT2D eigenvalue weighted by Gasteiger charge is -2.13. The SMILES string of the molecule is CCOC1OC(=O)CC1C(N)=O. The second-order valence-electron chi connectivity index (χ2n) is 2.53. The van der Waals surface area contributed by atoms with Gasteiger partial charge in [0.2, 0.25) is 12.2 Å². The third-order valence-electron chi connectivity index (χ3n) is 1.66. The van der Waals surface area contributed by atoms with Crippen LogP contribution in [-0.4, -0.2) is 24.8 Å². The van der Waals surface area contributed by atoms with Crippen LogP contribution >= 0.6 is 0 Å². The molecule has 5 heteroatoms. The quantitative estimate of drug-likeness (QED) is 0.578. The minimum Gasteiger partial charge on any atom is -0.435 e. The Morgan fingerprint density at radius 2 is 2.50 bits per heavy atom. The number of cyclic esters (lactones) is 1. The maximum Gasteiger partial charge on any atom is 0.309 e. The summed E-state index contributed by atoms with van der Waals surface area (Å²) in [5.41, 5.74) is 5.03. The number of hydrogen-bond donors (Lipinski definition) is 1. The van der Waals surface area contributed by atoms with E-state index in [4.69, 9.17) is 15.2 Å². The highest BCUT2D eigenvalue weighted by molar-refractivity contribution is 5.85. The molecular formula is C7H11NO4. The van der Waals surface area contributed by atoms with Crippen molar-refractivity contribution in [1.29, 1.82) is 0 Å². The number of ether oxygens (including phenoxy) is 2. The molecule has 1 amide bonds. The molecule has 1 rings (SSSR count). The molecule has 1 fully saturated rings. The van der Waals surface area contributed by atoms with Crippen molar-refractivity contribution in [2.24, 2.45) is 11.7 Å². The van der Waals surface area contributed by atoms with Crippen LogP contribution in [0.15, 0.2) is 0 Å². The average Bonchev–Trinajstić information content (AvgIpc) is 2.32. The molecule has 0 spiro atoms. The largest absolute Gasteiger partial charge is 0.435 e. The zero-order chi connectivity index (χ0) is 9.14. The molecule has 0 radical (unpaired) electrons. The maximum atomic E-state index is 10.7. The van der Waals surface area contributed by atoms with E-state index in [9.17, 15) is 9.59 Å². The number of primary amides is 1. The van der Waals surface area contributed by atoms with Gasteiger partial charge in [-0.1, -0.05) is 0 Å². The summed E-state index contributed by atoms with van der Waals surface area (Å²) in [7, 11) is 0. The van der Waals surface area contributed by atoms with Gasteiger partial charge in [0.15, 0.2) is 0 Å². The fourth-order valence-electron chi connectivity index (χ4n) is 1.08. The molecule has 5 nitrogen and oxygen atoms in total. The van der Waals surface area contributed by atoms with Gasteiger partial charge in [-0.25, -0.2) is 0 Å². The van der Waals surface area contributed by atoms with Crippen molar-refractivity contribution >= 4 is 11.9 Å². The van der Waals surface area contributed by atoms with Crippen LogP contribution in [0.1, 0.15) is 13.3 Å². The third-order valence-corrected chi connectivity index (χ3v) is 1.66. The van der Waals surface area contributed by atoms with E-state index >= 15 is 0 Å². The Labute approximate surface area is 69.8 Å². The zero-order valence-corrected chi connectivity index (χ0v) is 6.78. The molecule has 2 atom stereocenters. The van der Waals surface area contributed by atoms with Crippen molar-refractivity contribution in [2.45, 2.75) is 19.6 Å². The first kappa shape index (κ1) is 8.99. The molecule has 0 aromatic heterocycles. The molecule has 2 unspecified atom stereocenters. The van der Waals surface area contributed by atoms with Crippen molar-refractivity contribution in [3.8, 4) is 0 Å². The van der Waals surface area contributed by atoms with Crippen LogP contribution < -0.4 is 5.73 Å². The first-order valence-corrected chi connectivity index (χ1v) is 3.75. The highest BCUT2D eigenvalue weighted by Crippen LogP contribution is 2.22. The summed E-state index contributed by atoms with van der Waals surface area (Å²) >= 11 is 0. The Bertz CT molecular complexity index is 204. The van der Waals surface area contributed by atoms with Crippen LogP contribution in [0.25, 0.3) is 0 Å². The molecule has 0 saturated carbocycles. The van der Waals surface area contributed by atoms with E-state index in [1.54, 1.807) is 6.92 Å². The molecule has 68 valence electrons. The van der Waals surface area contributed by atoms with Gasteiger partial charge in [-0.05, 0) is 6.92 Å². The van der Waals surface area contributed by atoms with Crippen LogP contribution in [-0.2, 0) is 19.1 Å². The monoisotopic (exact) mass is 173 g/mol. The lowest BCUT2D eigenvalue weighted by Crippen LogP contribution is -2.31. The average molecular weight is 173 g/mol. The molecule has 1 heterocycles. The Balaban J connectivity index is 2.59. The first-order valence-electron chi connectivity index (χ1n) is 3.75. The van der Waals surface area contributed by atoms with Gasteiger partial charge in [-0.3, -0.25) is 9.59 Å². The van der Waals surface area contributed by atoms with Crippen LogP contribution in [0.2, 0.25) is 0 Å². The summed E-state index contributed by atoms with van der Waals surface area (Å²) in [6.07, 6.45) is -0.750. The molecule has 0 bridgehead atoms. The van der Waals surface area contributed by atoms with E-state index < -0.39 is 24.1 Å². The first-order chi connectivity index (χ1) is 5.65. The van der Waals surface area contributed by atoms with E-state index in [2.05, 4.69) is 0 Å². The summed E-state index contributed by atoms with van der Waals surface area (Å²) in [6.45, 7) is 2.14. The van der Waals surface area contributed by atoms with E-state index in [1.807, 2.05) is 0 Å². The van der Waals surface area contributed by atoms with Crippen molar-refractivity contribution in [1.82, 2.24) is 0 Å². The van der Waals surface area contributed by atoms with E-state index in [0.717, 1.165) is 0 Å². The van der Waals surface area contributed by atoms with Gasteiger partial charge in [-0.2, -0.15) is 0 Å². The van der Waals surface area contributed by atoms with Gasteiger partial charge < -0.3 is 15.2 Å². The maximum absolute atomic E-state index is 10.7. The van der Waals surface area contributed by atoms with Crippen LogP contribution in [0.4, 0.5) is 0 Å². The number of esters is 1. The number of nitrogens with two attached hydrogens (primary N) is 1. The molecule has 12 heavy (non-hydrogen) atoms. The minimum absolute atomic E-state index is 0.0278. The van der Waals surface area contributed by atoms with Crippen LogP contribution in [0.5, 0.6) is 0 Å². The summed E-state index contributed by atoms with van der Waals surface area (Å²) < 4.78 is 9.72. The summed E-state index contributed by atoms with van der Waals surface area (Å²) in [5, 5.41) is 0. The highest BCUT2D eigenvalue weighted by Gasteiger charge is 2.39. The van der Waals surface area contributed by atoms with Gasteiger partial charge in [0.1, 0.15) is 5.92 Å². The Hall–Kier alpha value is -1.10. The Morgan fingerprint density at radius 1 is 1.83 bits per heavy atom.